The zero-order valence-electron chi connectivity index (χ0n) is 22.0. The van der Waals surface area contributed by atoms with Gasteiger partial charge in [0.25, 0.3) is 0 Å². The Labute approximate surface area is 213 Å². The molecule has 9 heteroatoms. The highest BCUT2D eigenvalue weighted by molar-refractivity contribution is 5.87. The summed E-state index contributed by atoms with van der Waals surface area (Å²) >= 11 is 0. The topological polar surface area (TPSA) is 96.6 Å². The van der Waals surface area contributed by atoms with Crippen molar-refractivity contribution in [3.8, 4) is 0 Å². The summed E-state index contributed by atoms with van der Waals surface area (Å²) in [7, 11) is 4.02. The number of aromatic nitrogens is 2. The summed E-state index contributed by atoms with van der Waals surface area (Å²) in [4.78, 5) is 31.7. The second-order valence-corrected chi connectivity index (χ2v) is 10.5. The fourth-order valence-electron chi connectivity index (χ4n) is 5.21. The minimum absolute atomic E-state index is 0.0472. The number of aromatic amines is 1. The number of nitrogens with one attached hydrogen (secondary N) is 3. The Kier molecular flexibility index (Phi) is 7.68. The zero-order valence-corrected chi connectivity index (χ0v) is 22.0. The first-order valence-electron chi connectivity index (χ1n) is 12.7. The van der Waals surface area contributed by atoms with Gasteiger partial charge < -0.3 is 25.3 Å². The Balaban J connectivity index is 1.47. The van der Waals surface area contributed by atoms with Gasteiger partial charge >= 0.3 is 6.03 Å². The van der Waals surface area contributed by atoms with Gasteiger partial charge in [0.05, 0.1) is 23.8 Å². The first-order valence-corrected chi connectivity index (χ1v) is 12.7. The molecule has 1 fully saturated rings. The molecule has 36 heavy (non-hydrogen) atoms. The van der Waals surface area contributed by atoms with Crippen LogP contribution in [-0.2, 0) is 16.9 Å². The standard InChI is InChI=1S/C27H39N7O2/c1-6-11-23(35)33-15-10-14-20(16-33)28-25-21-17-34(27(2,3)24(21)30-31-25)26(36)29-22(18-32(4)5)19-12-8-7-9-13-19/h6-9,11-13,20,22H,10,14-18H2,1-5H3,(H,29,36)(H2,28,30,31)/b11-6+/t20?,22-/m1/s1. The van der Waals surface area contributed by atoms with Crippen LogP contribution in [0.3, 0.4) is 0 Å². The third kappa shape index (κ3) is 5.41. The molecule has 1 aromatic heterocycles. The number of hydrogen-bond acceptors (Lipinski definition) is 5. The van der Waals surface area contributed by atoms with Gasteiger partial charge in [0, 0.05) is 31.2 Å². The van der Waals surface area contributed by atoms with Crippen molar-refractivity contribution in [1.82, 2.24) is 30.2 Å². The summed E-state index contributed by atoms with van der Waals surface area (Å²) in [6.07, 6.45) is 5.31. The summed E-state index contributed by atoms with van der Waals surface area (Å²) in [6.45, 7) is 8.52. The summed E-state index contributed by atoms with van der Waals surface area (Å²) in [5.74, 6) is 0.817. The van der Waals surface area contributed by atoms with E-state index in [2.05, 4.69) is 25.7 Å². The third-order valence-corrected chi connectivity index (χ3v) is 7.15. The van der Waals surface area contributed by atoms with Crippen molar-refractivity contribution < 1.29 is 9.59 Å². The summed E-state index contributed by atoms with van der Waals surface area (Å²) < 4.78 is 0. The summed E-state index contributed by atoms with van der Waals surface area (Å²) in [5, 5.41) is 14.6. The molecule has 194 valence electrons. The normalized spacial score (nSPS) is 20.0. The number of anilines is 1. The predicted octanol–water partition coefficient (Wildman–Crippen LogP) is 3.45. The molecule has 1 saturated heterocycles. The molecular formula is C27H39N7O2. The maximum Gasteiger partial charge on any atom is 0.319 e. The van der Waals surface area contributed by atoms with Crippen LogP contribution in [-0.4, -0.2) is 76.6 Å². The van der Waals surface area contributed by atoms with E-state index in [1.165, 1.54) is 0 Å². The van der Waals surface area contributed by atoms with Gasteiger partial charge in [-0.05, 0) is 59.3 Å². The smallest absolute Gasteiger partial charge is 0.319 e. The second-order valence-electron chi connectivity index (χ2n) is 10.5. The molecule has 2 aliphatic heterocycles. The molecule has 1 unspecified atom stereocenters. The van der Waals surface area contributed by atoms with Crippen molar-refractivity contribution in [3.05, 3.63) is 59.3 Å². The number of nitrogens with zero attached hydrogens (tertiary/aromatic N) is 4. The van der Waals surface area contributed by atoms with Crippen LogP contribution in [0.15, 0.2) is 42.5 Å². The van der Waals surface area contributed by atoms with Crippen molar-refractivity contribution in [2.24, 2.45) is 0 Å². The molecule has 1 aromatic carbocycles. The van der Waals surface area contributed by atoms with Gasteiger partial charge in [-0.1, -0.05) is 36.4 Å². The summed E-state index contributed by atoms with van der Waals surface area (Å²) in [5.41, 5.74) is 2.50. The summed E-state index contributed by atoms with van der Waals surface area (Å²) in [6, 6.07) is 9.97. The van der Waals surface area contributed by atoms with Gasteiger partial charge in [0.15, 0.2) is 5.82 Å². The largest absolute Gasteiger partial charge is 0.364 e. The average Bonchev–Trinajstić information content (AvgIpc) is 3.37. The highest BCUT2D eigenvalue weighted by Gasteiger charge is 2.44. The Morgan fingerprint density at radius 1 is 1.28 bits per heavy atom. The van der Waals surface area contributed by atoms with Crippen LogP contribution in [0.2, 0.25) is 0 Å². The maximum absolute atomic E-state index is 13.6. The van der Waals surface area contributed by atoms with Gasteiger partial charge in [0.1, 0.15) is 0 Å². The lowest BCUT2D eigenvalue weighted by Crippen LogP contribution is -2.48. The van der Waals surface area contributed by atoms with E-state index in [1.807, 2.05) is 75.0 Å². The van der Waals surface area contributed by atoms with Crippen molar-refractivity contribution >= 4 is 17.8 Å². The molecule has 3 N–H and O–H groups in total. The number of likely N-dealkylation sites (N-methyl/N-ethyl adjacent to an activating group) is 1. The number of likely N-dealkylation sites (tertiary alicyclic amines) is 1. The van der Waals surface area contributed by atoms with E-state index in [4.69, 9.17) is 0 Å². The number of benzene rings is 1. The minimum atomic E-state index is -0.536. The SMILES string of the molecule is C/C=C/C(=O)N1CCCC(Nc2n[nH]c3c2CN(C(=O)N[C@H](CN(C)C)c2ccccc2)C3(C)C)C1. The maximum atomic E-state index is 13.6. The lowest BCUT2D eigenvalue weighted by Gasteiger charge is -2.34. The van der Waals surface area contributed by atoms with Crippen molar-refractivity contribution in [1.29, 1.82) is 0 Å². The molecule has 2 atom stereocenters. The molecule has 0 radical (unpaired) electrons. The predicted molar refractivity (Wildman–Crippen MR) is 141 cm³/mol. The second kappa shape index (κ2) is 10.7. The van der Waals surface area contributed by atoms with Crippen LogP contribution in [0.5, 0.6) is 0 Å². The molecule has 0 bridgehead atoms. The fourth-order valence-corrected chi connectivity index (χ4v) is 5.21. The van der Waals surface area contributed by atoms with Gasteiger partial charge in [-0.2, -0.15) is 5.10 Å². The number of urea groups is 1. The number of amides is 3. The molecule has 0 aliphatic carbocycles. The number of fused-ring (bicyclic) bond motifs is 1. The van der Waals surface area contributed by atoms with Crippen LogP contribution in [0.1, 0.15) is 56.5 Å². The van der Waals surface area contributed by atoms with Crippen LogP contribution in [0.4, 0.5) is 10.6 Å². The first kappa shape index (κ1) is 25.8. The van der Waals surface area contributed by atoms with Gasteiger partial charge in [-0.3, -0.25) is 9.89 Å². The van der Waals surface area contributed by atoms with Gasteiger partial charge in [-0.15, -0.1) is 0 Å². The Morgan fingerprint density at radius 2 is 2.03 bits per heavy atom. The first-order chi connectivity index (χ1) is 17.2. The van der Waals surface area contributed by atoms with E-state index in [0.29, 0.717) is 19.6 Å². The highest BCUT2D eigenvalue weighted by Crippen LogP contribution is 2.41. The van der Waals surface area contributed by atoms with Crippen molar-refractivity contribution in [3.63, 3.8) is 0 Å². The number of H-pyrrole nitrogens is 1. The quantitative estimate of drug-likeness (QED) is 0.514. The van der Waals surface area contributed by atoms with Crippen LogP contribution < -0.4 is 10.6 Å². The monoisotopic (exact) mass is 493 g/mol. The molecule has 2 aliphatic rings. The number of rotatable bonds is 7. The van der Waals surface area contributed by atoms with E-state index < -0.39 is 5.54 Å². The molecule has 0 spiro atoms. The minimum Gasteiger partial charge on any atom is -0.364 e. The Morgan fingerprint density at radius 3 is 2.72 bits per heavy atom. The molecule has 3 heterocycles. The van der Waals surface area contributed by atoms with Gasteiger partial charge in [0.2, 0.25) is 5.91 Å². The van der Waals surface area contributed by atoms with E-state index >= 15 is 0 Å². The molecule has 2 aromatic rings. The van der Waals surface area contributed by atoms with Crippen LogP contribution >= 0.6 is 0 Å². The van der Waals surface area contributed by atoms with Crippen molar-refractivity contribution in [2.45, 2.75) is 57.8 Å². The van der Waals surface area contributed by atoms with Crippen molar-refractivity contribution in [2.75, 3.05) is 39.0 Å². The number of piperidine rings is 1. The molecule has 0 saturated carbocycles. The number of hydrogen-bond donors (Lipinski definition) is 3. The zero-order chi connectivity index (χ0) is 25.9. The Hall–Kier alpha value is -3.33. The highest BCUT2D eigenvalue weighted by atomic mass is 16.2. The third-order valence-electron chi connectivity index (χ3n) is 7.15. The lowest BCUT2D eigenvalue weighted by atomic mass is 10.0. The number of carbonyl (C=O) groups excluding carboxylic acids is 2. The van der Waals surface area contributed by atoms with E-state index in [-0.39, 0.29) is 24.0 Å². The lowest BCUT2D eigenvalue weighted by molar-refractivity contribution is -0.127. The molecular weight excluding hydrogens is 454 g/mol. The molecule has 3 amide bonds. The molecule has 9 nitrogen and oxygen atoms in total. The van der Waals surface area contributed by atoms with E-state index in [0.717, 1.165) is 42.0 Å². The molecule has 4 rings (SSSR count). The number of allylic oxidation sites excluding steroid dienone is 1. The van der Waals surface area contributed by atoms with Crippen LogP contribution in [0, 0.1) is 0 Å². The van der Waals surface area contributed by atoms with Gasteiger partial charge in [-0.25, -0.2) is 4.79 Å². The fraction of sp³-hybridized carbons (Fsp3) is 0.519. The van der Waals surface area contributed by atoms with E-state index in [9.17, 15) is 9.59 Å². The number of carbonyl (C=O) groups is 2. The Bertz CT molecular complexity index is 1090. The average molecular weight is 494 g/mol. The van der Waals surface area contributed by atoms with Crippen LogP contribution in [0.25, 0.3) is 0 Å². The van der Waals surface area contributed by atoms with E-state index in [1.54, 1.807) is 12.2 Å².